The van der Waals surface area contributed by atoms with Crippen LogP contribution in [0, 0.1) is 0 Å². The fourth-order valence-corrected chi connectivity index (χ4v) is 0.356. The van der Waals surface area contributed by atoms with Gasteiger partial charge in [0, 0.05) is 6.21 Å². The van der Waals surface area contributed by atoms with Crippen LogP contribution < -0.4 is 0 Å². The molecule has 1 N–H and O–H groups in total. The summed E-state index contributed by atoms with van der Waals surface area (Å²) in [5, 5.41) is 8.76. The summed E-state index contributed by atoms with van der Waals surface area (Å²) in [7, 11) is 0. The van der Waals surface area contributed by atoms with Gasteiger partial charge >= 0.3 is 0 Å². The third-order valence-electron chi connectivity index (χ3n) is 0.781. The van der Waals surface area contributed by atoms with Crippen LogP contribution in [-0.4, -0.2) is 23.5 Å². The monoisotopic (exact) mass is 85.1 g/mol. The molecule has 1 atom stereocenters. The summed E-state index contributed by atoms with van der Waals surface area (Å²) in [6, 6.07) is 0. The lowest BCUT2D eigenvalue weighted by molar-refractivity contribution is 0.131. The molecule has 0 spiro atoms. The van der Waals surface area contributed by atoms with Gasteiger partial charge in [-0.05, 0) is 6.92 Å². The first kappa shape index (κ1) is 3.81. The Hall–Kier alpha value is -0.370. The van der Waals surface area contributed by atoms with Gasteiger partial charge in [0.15, 0.2) is 0 Å². The van der Waals surface area contributed by atoms with Crippen LogP contribution in [0.2, 0.25) is 0 Å². The Morgan fingerprint density at radius 2 is 2.33 bits per heavy atom. The maximum atomic E-state index is 8.76. The van der Waals surface area contributed by atoms with E-state index in [4.69, 9.17) is 5.11 Å². The number of nitrogens with zero attached hydrogens (tertiary/aromatic N) is 1. The second-order valence-electron chi connectivity index (χ2n) is 1.83. The molecular formula is C4H7NO. The molecule has 0 radical (unpaired) electrons. The number of hydrogen-bond donors (Lipinski definition) is 1. The van der Waals surface area contributed by atoms with Crippen LogP contribution in [0.3, 0.4) is 0 Å². The van der Waals surface area contributed by atoms with Gasteiger partial charge in [-0.2, -0.15) is 0 Å². The lowest BCUT2D eigenvalue weighted by Gasteiger charge is -2.21. The summed E-state index contributed by atoms with van der Waals surface area (Å²) in [4.78, 5) is 3.69. The molecule has 0 bridgehead atoms. The van der Waals surface area contributed by atoms with Crippen molar-refractivity contribution in [2.75, 3.05) is 6.54 Å². The Balaban J connectivity index is 2.57. The standard InChI is InChI=1S/C4H7NO/c1-4(6)2-5-3-4/h2,6H,3H2,1H3. The first-order valence-electron chi connectivity index (χ1n) is 1.94. The van der Waals surface area contributed by atoms with Crippen molar-refractivity contribution < 1.29 is 5.11 Å². The molecule has 1 rings (SSSR count). The van der Waals surface area contributed by atoms with Crippen molar-refractivity contribution in [1.29, 1.82) is 0 Å². The van der Waals surface area contributed by atoms with Crippen molar-refractivity contribution in [2.45, 2.75) is 12.5 Å². The highest BCUT2D eigenvalue weighted by molar-refractivity contribution is 5.73. The van der Waals surface area contributed by atoms with Crippen molar-refractivity contribution in [2.24, 2.45) is 4.99 Å². The molecule has 1 aliphatic heterocycles. The van der Waals surface area contributed by atoms with Crippen molar-refractivity contribution in [1.82, 2.24) is 0 Å². The van der Waals surface area contributed by atoms with E-state index in [0.29, 0.717) is 6.54 Å². The second-order valence-corrected chi connectivity index (χ2v) is 1.83. The molecule has 0 saturated heterocycles. The molecule has 1 unspecified atom stereocenters. The van der Waals surface area contributed by atoms with Crippen LogP contribution in [0.1, 0.15) is 6.92 Å². The fourth-order valence-electron chi connectivity index (χ4n) is 0.356. The van der Waals surface area contributed by atoms with E-state index in [9.17, 15) is 0 Å². The molecule has 34 valence electrons. The van der Waals surface area contributed by atoms with Crippen LogP contribution >= 0.6 is 0 Å². The molecule has 0 aromatic heterocycles. The van der Waals surface area contributed by atoms with Crippen LogP contribution in [0.5, 0.6) is 0 Å². The van der Waals surface area contributed by atoms with Gasteiger partial charge in [0.2, 0.25) is 0 Å². The smallest absolute Gasteiger partial charge is 0.116 e. The first-order chi connectivity index (χ1) is 2.71. The van der Waals surface area contributed by atoms with Gasteiger partial charge in [0.05, 0.1) is 6.54 Å². The predicted octanol–water partition coefficient (Wildman–Crippen LogP) is -0.178. The van der Waals surface area contributed by atoms with E-state index in [1.165, 1.54) is 0 Å². The Bertz CT molecular complexity index is 85.5. The zero-order chi connectivity index (χ0) is 4.62. The lowest BCUT2D eigenvalue weighted by Crippen LogP contribution is -2.37. The van der Waals surface area contributed by atoms with Gasteiger partial charge in [-0.15, -0.1) is 0 Å². The van der Waals surface area contributed by atoms with Gasteiger partial charge in [-0.25, -0.2) is 0 Å². The Kier molecular flexibility index (Phi) is 0.520. The normalized spacial score (nSPS) is 42.3. The molecule has 0 aromatic rings. The summed E-state index contributed by atoms with van der Waals surface area (Å²) in [6.07, 6.45) is 1.55. The zero-order valence-electron chi connectivity index (χ0n) is 3.68. The van der Waals surface area contributed by atoms with Gasteiger partial charge in [-0.1, -0.05) is 0 Å². The van der Waals surface area contributed by atoms with Crippen LogP contribution in [0.25, 0.3) is 0 Å². The van der Waals surface area contributed by atoms with Gasteiger partial charge < -0.3 is 5.11 Å². The molecule has 0 aromatic carbocycles. The third-order valence-corrected chi connectivity index (χ3v) is 0.781. The van der Waals surface area contributed by atoms with Crippen LogP contribution in [0.15, 0.2) is 4.99 Å². The zero-order valence-corrected chi connectivity index (χ0v) is 3.68. The minimum Gasteiger partial charge on any atom is -0.383 e. The minimum atomic E-state index is -0.569. The first-order valence-corrected chi connectivity index (χ1v) is 1.94. The van der Waals surface area contributed by atoms with Crippen molar-refractivity contribution in [3.8, 4) is 0 Å². The Labute approximate surface area is 36.5 Å². The summed E-state index contributed by atoms with van der Waals surface area (Å²) in [6.45, 7) is 2.31. The van der Waals surface area contributed by atoms with Crippen molar-refractivity contribution in [3.63, 3.8) is 0 Å². The molecule has 2 nitrogen and oxygen atoms in total. The molecule has 1 heterocycles. The quantitative estimate of drug-likeness (QED) is 0.435. The molecule has 0 aliphatic carbocycles. The topological polar surface area (TPSA) is 32.6 Å². The van der Waals surface area contributed by atoms with Crippen LogP contribution in [0.4, 0.5) is 0 Å². The molecule has 0 saturated carbocycles. The number of rotatable bonds is 0. The molecule has 0 fully saturated rings. The van der Waals surface area contributed by atoms with E-state index in [1.54, 1.807) is 13.1 Å². The number of aliphatic imine (C=N–C) groups is 1. The predicted molar refractivity (Wildman–Crippen MR) is 24.0 cm³/mol. The molecule has 1 aliphatic rings. The summed E-state index contributed by atoms with van der Waals surface area (Å²) < 4.78 is 0. The van der Waals surface area contributed by atoms with E-state index in [0.717, 1.165) is 0 Å². The van der Waals surface area contributed by atoms with Gasteiger partial charge in [0.25, 0.3) is 0 Å². The largest absolute Gasteiger partial charge is 0.383 e. The maximum absolute atomic E-state index is 8.76. The second kappa shape index (κ2) is 0.819. The number of aliphatic hydroxyl groups is 1. The van der Waals surface area contributed by atoms with E-state index in [1.807, 2.05) is 0 Å². The van der Waals surface area contributed by atoms with E-state index in [-0.39, 0.29) is 0 Å². The molecular weight excluding hydrogens is 78.0 g/mol. The highest BCUT2D eigenvalue weighted by atomic mass is 16.3. The van der Waals surface area contributed by atoms with Crippen LogP contribution in [-0.2, 0) is 0 Å². The SMILES string of the molecule is CC1(O)C=NC1. The summed E-state index contributed by atoms with van der Waals surface area (Å²) in [5.74, 6) is 0. The fraction of sp³-hybridized carbons (Fsp3) is 0.750. The van der Waals surface area contributed by atoms with Crippen molar-refractivity contribution >= 4 is 6.21 Å². The molecule has 2 heteroatoms. The minimum absolute atomic E-state index is 0.569. The Morgan fingerprint density at radius 1 is 2.00 bits per heavy atom. The van der Waals surface area contributed by atoms with E-state index >= 15 is 0 Å². The van der Waals surface area contributed by atoms with E-state index < -0.39 is 5.60 Å². The van der Waals surface area contributed by atoms with Gasteiger partial charge in [0.1, 0.15) is 5.60 Å². The molecule has 6 heavy (non-hydrogen) atoms. The highest BCUT2D eigenvalue weighted by Crippen LogP contribution is 2.06. The van der Waals surface area contributed by atoms with E-state index in [2.05, 4.69) is 4.99 Å². The Morgan fingerprint density at radius 3 is 2.33 bits per heavy atom. The summed E-state index contributed by atoms with van der Waals surface area (Å²) in [5.41, 5.74) is -0.569. The third kappa shape index (κ3) is 0.431. The summed E-state index contributed by atoms with van der Waals surface area (Å²) >= 11 is 0. The average molecular weight is 85.1 g/mol. The van der Waals surface area contributed by atoms with Gasteiger partial charge in [-0.3, -0.25) is 4.99 Å². The highest BCUT2D eigenvalue weighted by Gasteiger charge is 2.22. The maximum Gasteiger partial charge on any atom is 0.116 e. The lowest BCUT2D eigenvalue weighted by atomic mass is 10.1. The average Bonchev–Trinajstić information content (AvgIpc) is 1.32. The van der Waals surface area contributed by atoms with Crippen molar-refractivity contribution in [3.05, 3.63) is 0 Å². The molecule has 0 amide bonds. The number of hydrogen-bond acceptors (Lipinski definition) is 2.